The molecule has 0 saturated carbocycles. The van der Waals surface area contributed by atoms with Gasteiger partial charge in [0.2, 0.25) is 0 Å². The van der Waals surface area contributed by atoms with Gasteiger partial charge in [-0.1, -0.05) is 0 Å². The summed E-state index contributed by atoms with van der Waals surface area (Å²) in [5.41, 5.74) is 0. The van der Waals surface area contributed by atoms with Crippen molar-refractivity contribution in [1.82, 2.24) is 4.90 Å². The topological polar surface area (TPSA) is 63.7 Å². The molecular weight excluding hydrogens is 214 g/mol. The van der Waals surface area contributed by atoms with E-state index < -0.39 is 16.2 Å². The minimum absolute atomic E-state index is 0.192. The molecule has 0 aromatic carbocycles. The molecule has 72 valence electrons. The summed E-state index contributed by atoms with van der Waals surface area (Å²) in [6.45, 7) is 0. The number of carbonyl (C=O) groups excluding carboxylic acids is 1. The van der Waals surface area contributed by atoms with Gasteiger partial charge in [-0.3, -0.25) is 8.98 Å². The molecule has 1 saturated heterocycles. The largest absolute Gasteiger partial charge is 0.300 e. The van der Waals surface area contributed by atoms with E-state index in [2.05, 4.69) is 4.18 Å². The van der Waals surface area contributed by atoms with E-state index in [1.165, 1.54) is 16.7 Å². The molecule has 13 heavy (non-hydrogen) atoms. The third kappa shape index (κ3) is 1.47. The van der Waals surface area contributed by atoms with E-state index in [1.54, 1.807) is 11.6 Å². The molecule has 0 aliphatic carbocycles. The van der Waals surface area contributed by atoms with Crippen molar-refractivity contribution in [3.05, 3.63) is 11.6 Å². The Morgan fingerprint density at radius 2 is 2.31 bits per heavy atom. The van der Waals surface area contributed by atoms with Crippen molar-refractivity contribution in [3.8, 4) is 0 Å². The molecule has 0 spiro atoms. The summed E-state index contributed by atoms with van der Waals surface area (Å²) < 4.78 is 26.1. The number of carbonyl (C=O) groups is 1. The van der Waals surface area contributed by atoms with Crippen LogP contribution >= 0.6 is 11.8 Å². The fourth-order valence-corrected chi connectivity index (χ4v) is 2.83. The van der Waals surface area contributed by atoms with Gasteiger partial charge in [-0.25, -0.2) is 0 Å². The average molecular weight is 221 g/mol. The summed E-state index contributed by atoms with van der Waals surface area (Å²) in [6, 6.07) is 0. The summed E-state index contributed by atoms with van der Waals surface area (Å²) in [6.07, 6.45) is 1.73. The van der Waals surface area contributed by atoms with Crippen molar-refractivity contribution < 1.29 is 17.4 Å². The lowest BCUT2D eigenvalue weighted by atomic mass is 10.1. The molecule has 1 fully saturated rings. The van der Waals surface area contributed by atoms with E-state index >= 15 is 0 Å². The number of amides is 1. The highest BCUT2D eigenvalue weighted by Gasteiger charge is 2.51. The molecule has 0 aromatic heterocycles. The van der Waals surface area contributed by atoms with Crippen molar-refractivity contribution in [3.63, 3.8) is 0 Å². The summed E-state index contributed by atoms with van der Waals surface area (Å²) in [5, 5.41) is 1.55. The van der Waals surface area contributed by atoms with Crippen LogP contribution in [0.15, 0.2) is 11.6 Å². The SMILES string of the molecule is CS(=O)(=O)OC1C(=O)N2C=CS[C@@H]12. The summed E-state index contributed by atoms with van der Waals surface area (Å²) in [7, 11) is -3.54. The molecule has 2 aliphatic rings. The maximum Gasteiger partial charge on any atom is 0.265 e. The molecule has 0 N–H and O–H groups in total. The van der Waals surface area contributed by atoms with E-state index in [-0.39, 0.29) is 11.3 Å². The van der Waals surface area contributed by atoms with Crippen LogP contribution in [0.5, 0.6) is 0 Å². The number of β-lactam (4-membered cyclic amide) rings is 1. The van der Waals surface area contributed by atoms with Gasteiger partial charge in [0.05, 0.1) is 6.26 Å². The second-order valence-electron chi connectivity index (χ2n) is 2.78. The molecule has 1 unspecified atom stereocenters. The highest BCUT2D eigenvalue weighted by atomic mass is 32.2. The van der Waals surface area contributed by atoms with Gasteiger partial charge >= 0.3 is 0 Å². The molecule has 5 nitrogen and oxygen atoms in total. The van der Waals surface area contributed by atoms with Crippen molar-refractivity contribution >= 4 is 27.8 Å². The van der Waals surface area contributed by atoms with E-state index in [9.17, 15) is 13.2 Å². The van der Waals surface area contributed by atoms with Crippen LogP contribution in [0.3, 0.4) is 0 Å². The third-order valence-corrected chi connectivity index (χ3v) is 3.34. The van der Waals surface area contributed by atoms with Gasteiger partial charge in [-0.15, -0.1) is 11.8 Å². The van der Waals surface area contributed by atoms with Crippen LogP contribution in [0.4, 0.5) is 0 Å². The minimum Gasteiger partial charge on any atom is -0.300 e. The number of hydrogen-bond donors (Lipinski definition) is 0. The predicted octanol–water partition coefficient (Wildman–Crippen LogP) is -0.282. The third-order valence-electron chi connectivity index (χ3n) is 1.75. The van der Waals surface area contributed by atoms with Crippen molar-refractivity contribution in [1.29, 1.82) is 0 Å². The molecule has 2 atom stereocenters. The van der Waals surface area contributed by atoms with Crippen LogP contribution in [-0.4, -0.2) is 37.0 Å². The highest BCUT2D eigenvalue weighted by molar-refractivity contribution is 8.03. The number of nitrogens with zero attached hydrogens (tertiary/aromatic N) is 1. The lowest BCUT2D eigenvalue weighted by molar-refractivity contribution is -0.150. The van der Waals surface area contributed by atoms with Gasteiger partial charge in [0.25, 0.3) is 16.0 Å². The quantitative estimate of drug-likeness (QED) is 0.474. The van der Waals surface area contributed by atoms with Gasteiger partial charge < -0.3 is 4.90 Å². The summed E-state index contributed by atoms with van der Waals surface area (Å²) in [4.78, 5) is 12.7. The first-order valence-corrected chi connectivity index (χ1v) is 6.27. The highest BCUT2D eigenvalue weighted by Crippen LogP contribution is 2.38. The second kappa shape index (κ2) is 2.73. The van der Waals surface area contributed by atoms with Gasteiger partial charge in [0.15, 0.2) is 6.10 Å². The lowest BCUT2D eigenvalue weighted by Gasteiger charge is -2.39. The van der Waals surface area contributed by atoms with Crippen LogP contribution in [-0.2, 0) is 19.1 Å². The zero-order chi connectivity index (χ0) is 9.64. The van der Waals surface area contributed by atoms with Crippen LogP contribution in [0.1, 0.15) is 0 Å². The van der Waals surface area contributed by atoms with Gasteiger partial charge in [0.1, 0.15) is 5.37 Å². The Bertz CT molecular complexity index is 374. The maximum absolute atomic E-state index is 11.2. The zero-order valence-electron chi connectivity index (χ0n) is 6.71. The molecule has 2 rings (SSSR count). The Balaban J connectivity index is 2.08. The van der Waals surface area contributed by atoms with Crippen LogP contribution in [0.2, 0.25) is 0 Å². The van der Waals surface area contributed by atoms with Crippen molar-refractivity contribution in [2.75, 3.05) is 6.26 Å². The molecule has 2 aliphatic heterocycles. The minimum atomic E-state index is -3.54. The molecule has 0 aromatic rings. The molecular formula is C6H7NO4S2. The Morgan fingerprint density at radius 1 is 1.62 bits per heavy atom. The normalized spacial score (nSPS) is 31.8. The van der Waals surface area contributed by atoms with Crippen molar-refractivity contribution in [2.24, 2.45) is 0 Å². The molecule has 1 amide bonds. The Hall–Kier alpha value is -0.530. The van der Waals surface area contributed by atoms with E-state index in [1.807, 2.05) is 0 Å². The lowest BCUT2D eigenvalue weighted by Crippen LogP contribution is -2.60. The summed E-state index contributed by atoms with van der Waals surface area (Å²) in [5.74, 6) is -0.295. The van der Waals surface area contributed by atoms with Gasteiger partial charge in [0, 0.05) is 6.20 Å². The first kappa shape index (κ1) is 9.04. The zero-order valence-corrected chi connectivity index (χ0v) is 8.34. The van der Waals surface area contributed by atoms with Crippen molar-refractivity contribution in [2.45, 2.75) is 11.5 Å². The van der Waals surface area contributed by atoms with E-state index in [0.29, 0.717) is 0 Å². The number of hydrogen-bond acceptors (Lipinski definition) is 5. The standard InChI is InChI=1S/C6H7NO4S2/c1-13(9,10)11-4-5(8)7-2-3-12-6(4)7/h2-4,6H,1H3/t4?,6-/m0/s1. The van der Waals surface area contributed by atoms with Gasteiger partial charge in [-0.05, 0) is 5.41 Å². The monoisotopic (exact) mass is 221 g/mol. The molecule has 0 radical (unpaired) electrons. The Labute approximate surface area is 79.9 Å². The average Bonchev–Trinajstić information content (AvgIpc) is 2.42. The maximum atomic E-state index is 11.2. The second-order valence-corrected chi connectivity index (χ2v) is 5.41. The summed E-state index contributed by atoms with van der Waals surface area (Å²) >= 11 is 1.38. The Kier molecular flexibility index (Phi) is 1.90. The fourth-order valence-electron chi connectivity index (χ4n) is 1.21. The molecule has 0 bridgehead atoms. The van der Waals surface area contributed by atoms with E-state index in [0.717, 1.165) is 6.26 Å². The first-order valence-electron chi connectivity index (χ1n) is 3.51. The number of thioether (sulfide) groups is 1. The predicted molar refractivity (Wildman–Crippen MR) is 47.1 cm³/mol. The number of rotatable bonds is 2. The molecule has 2 heterocycles. The number of fused-ring (bicyclic) bond motifs is 1. The van der Waals surface area contributed by atoms with E-state index in [4.69, 9.17) is 0 Å². The smallest absolute Gasteiger partial charge is 0.265 e. The van der Waals surface area contributed by atoms with Crippen LogP contribution < -0.4 is 0 Å². The first-order chi connectivity index (χ1) is 5.99. The van der Waals surface area contributed by atoms with Gasteiger partial charge in [-0.2, -0.15) is 8.42 Å². The van der Waals surface area contributed by atoms with Crippen LogP contribution in [0.25, 0.3) is 0 Å². The molecule has 7 heteroatoms. The van der Waals surface area contributed by atoms with Crippen LogP contribution in [0, 0.1) is 0 Å². The fraction of sp³-hybridized carbons (Fsp3) is 0.500. The Morgan fingerprint density at radius 3 is 2.92 bits per heavy atom.